The highest BCUT2D eigenvalue weighted by atomic mass is 35.5. The number of hydrogen-bond donors (Lipinski definition) is 2. The van der Waals surface area contributed by atoms with Gasteiger partial charge in [-0.2, -0.15) is 0 Å². The lowest BCUT2D eigenvalue weighted by Gasteiger charge is -2.19. The molecule has 1 fully saturated rings. The lowest BCUT2D eigenvalue weighted by Crippen LogP contribution is -2.26. The number of ether oxygens (including phenoxy) is 5. The summed E-state index contributed by atoms with van der Waals surface area (Å²) in [6.45, 7) is 7.13. The van der Waals surface area contributed by atoms with Crippen molar-refractivity contribution in [3.05, 3.63) is 27.7 Å². The SMILES string of the molecule is CC(C)(O)OCCCC1OC(C)(C)OC1O.COC(=O)c1c(Cl)ccc(Cl)c1OC. The lowest BCUT2D eigenvalue weighted by molar-refractivity contribution is -0.179. The number of benzene rings is 1. The summed E-state index contributed by atoms with van der Waals surface area (Å²) in [4.78, 5) is 11.3. The number of carbonyl (C=O) groups excluding carboxylic acids is 1. The van der Waals surface area contributed by atoms with Gasteiger partial charge in [0, 0.05) is 0 Å². The van der Waals surface area contributed by atoms with E-state index in [9.17, 15) is 15.0 Å². The number of aliphatic hydroxyl groups is 2. The van der Waals surface area contributed by atoms with E-state index in [1.165, 1.54) is 20.3 Å². The van der Waals surface area contributed by atoms with Gasteiger partial charge in [-0.15, -0.1) is 0 Å². The van der Waals surface area contributed by atoms with Crippen molar-refractivity contribution in [3.63, 3.8) is 0 Å². The molecule has 0 spiro atoms. The van der Waals surface area contributed by atoms with Gasteiger partial charge >= 0.3 is 5.97 Å². The van der Waals surface area contributed by atoms with E-state index < -0.39 is 23.8 Å². The van der Waals surface area contributed by atoms with Gasteiger partial charge in [-0.1, -0.05) is 23.2 Å². The van der Waals surface area contributed by atoms with Crippen LogP contribution in [0.1, 0.15) is 50.9 Å². The first-order chi connectivity index (χ1) is 13.8. The minimum atomic E-state index is -1.11. The van der Waals surface area contributed by atoms with E-state index in [1.54, 1.807) is 33.8 Å². The van der Waals surface area contributed by atoms with E-state index in [4.69, 9.17) is 42.1 Å². The Morgan fingerprint density at radius 2 is 1.80 bits per heavy atom. The van der Waals surface area contributed by atoms with Gasteiger partial charge in [-0.05, 0) is 52.7 Å². The van der Waals surface area contributed by atoms with Crippen molar-refractivity contribution in [1.82, 2.24) is 0 Å². The van der Waals surface area contributed by atoms with Crippen LogP contribution in [0.3, 0.4) is 0 Å². The maximum atomic E-state index is 11.3. The molecule has 0 bridgehead atoms. The van der Waals surface area contributed by atoms with Crippen LogP contribution < -0.4 is 4.74 Å². The van der Waals surface area contributed by atoms with Gasteiger partial charge in [0.15, 0.2) is 23.6 Å². The quantitative estimate of drug-likeness (QED) is 0.354. The molecule has 0 amide bonds. The van der Waals surface area contributed by atoms with Crippen molar-refractivity contribution in [2.24, 2.45) is 0 Å². The minimum absolute atomic E-state index is 0.143. The fourth-order valence-electron chi connectivity index (χ4n) is 2.65. The van der Waals surface area contributed by atoms with E-state index >= 15 is 0 Å². The van der Waals surface area contributed by atoms with Crippen LogP contribution in [-0.2, 0) is 18.9 Å². The number of halogens is 2. The molecule has 8 nitrogen and oxygen atoms in total. The molecule has 172 valence electrons. The maximum absolute atomic E-state index is 11.3. The number of aliphatic hydroxyl groups excluding tert-OH is 1. The molecule has 0 radical (unpaired) electrons. The molecule has 2 N–H and O–H groups in total. The molecule has 0 saturated carbocycles. The first-order valence-electron chi connectivity index (χ1n) is 9.31. The van der Waals surface area contributed by atoms with Crippen LogP contribution >= 0.6 is 23.2 Å². The normalized spacial score (nSPS) is 20.3. The molecule has 1 aromatic carbocycles. The van der Waals surface area contributed by atoms with Gasteiger partial charge in [0.2, 0.25) is 0 Å². The topological polar surface area (TPSA) is 104 Å². The van der Waals surface area contributed by atoms with Crippen LogP contribution in [0.2, 0.25) is 10.0 Å². The molecule has 0 aliphatic carbocycles. The lowest BCUT2D eigenvalue weighted by atomic mass is 10.2. The molecule has 1 aromatic rings. The molecule has 0 aromatic heterocycles. The Labute approximate surface area is 186 Å². The Balaban J connectivity index is 0.000000303. The average molecular weight is 469 g/mol. The van der Waals surface area contributed by atoms with Crippen LogP contribution in [0.25, 0.3) is 0 Å². The summed E-state index contributed by atoms with van der Waals surface area (Å²) in [5, 5.41) is 19.4. The third-order valence-electron chi connectivity index (χ3n) is 3.90. The smallest absolute Gasteiger partial charge is 0.343 e. The molecular formula is C20H30Cl2O8. The highest BCUT2D eigenvalue weighted by Gasteiger charge is 2.39. The van der Waals surface area contributed by atoms with Crippen molar-refractivity contribution >= 4 is 29.2 Å². The average Bonchev–Trinajstić information content (AvgIpc) is 2.91. The highest BCUT2D eigenvalue weighted by Crippen LogP contribution is 2.34. The van der Waals surface area contributed by atoms with Crippen LogP contribution in [0, 0.1) is 0 Å². The van der Waals surface area contributed by atoms with Crippen molar-refractivity contribution in [2.45, 2.75) is 64.5 Å². The molecule has 1 aliphatic heterocycles. The number of rotatable bonds is 7. The molecule has 10 heteroatoms. The van der Waals surface area contributed by atoms with Crippen molar-refractivity contribution in [3.8, 4) is 5.75 Å². The largest absolute Gasteiger partial charge is 0.494 e. The second-order valence-electron chi connectivity index (χ2n) is 7.43. The summed E-state index contributed by atoms with van der Waals surface area (Å²) in [6, 6.07) is 3.06. The summed E-state index contributed by atoms with van der Waals surface area (Å²) >= 11 is 11.6. The second-order valence-corrected chi connectivity index (χ2v) is 8.25. The van der Waals surface area contributed by atoms with Crippen LogP contribution in [0.15, 0.2) is 12.1 Å². The second kappa shape index (κ2) is 11.5. The molecule has 2 atom stereocenters. The fourth-order valence-corrected chi connectivity index (χ4v) is 3.11. The van der Waals surface area contributed by atoms with Gasteiger partial charge in [0.05, 0.1) is 30.9 Å². The number of hydrogen-bond acceptors (Lipinski definition) is 8. The van der Waals surface area contributed by atoms with Crippen LogP contribution in [0.4, 0.5) is 0 Å². The molecule has 2 unspecified atom stereocenters. The molecule has 30 heavy (non-hydrogen) atoms. The van der Waals surface area contributed by atoms with Gasteiger partial charge in [0.25, 0.3) is 0 Å². The Bertz CT molecular complexity index is 703. The molecule has 1 saturated heterocycles. The van der Waals surface area contributed by atoms with E-state index in [0.717, 1.165) is 0 Å². The number of carbonyl (C=O) groups is 1. The summed E-state index contributed by atoms with van der Waals surface area (Å²) in [5.41, 5.74) is 0.143. The van der Waals surface area contributed by atoms with Crippen molar-refractivity contribution < 1.29 is 38.7 Å². The Hall–Kier alpha value is -1.13. The Kier molecular flexibility index (Phi) is 10.3. The molecular weight excluding hydrogens is 439 g/mol. The monoisotopic (exact) mass is 468 g/mol. The first-order valence-corrected chi connectivity index (χ1v) is 10.1. The molecule has 1 aliphatic rings. The maximum Gasteiger partial charge on any atom is 0.343 e. The number of esters is 1. The van der Waals surface area contributed by atoms with E-state index in [-0.39, 0.29) is 22.4 Å². The standard InChI is InChI=1S/C11H22O5.C9H8Cl2O3/c1-10(2,13)14-7-5-6-8-9(12)16-11(3,4)15-8;1-13-8-6(11)4-3-5(10)7(8)9(12)14-2/h8-9,12-13H,5-7H2,1-4H3;3-4H,1-2H3. The number of methoxy groups -OCH3 is 2. The van der Waals surface area contributed by atoms with Gasteiger partial charge < -0.3 is 33.9 Å². The summed E-state index contributed by atoms with van der Waals surface area (Å²) in [5.74, 6) is -2.17. The zero-order chi connectivity index (χ0) is 23.1. The van der Waals surface area contributed by atoms with Gasteiger partial charge in [-0.25, -0.2) is 4.79 Å². The van der Waals surface area contributed by atoms with E-state index in [1.807, 2.05) is 0 Å². The Morgan fingerprint density at radius 3 is 2.27 bits per heavy atom. The zero-order valence-corrected chi connectivity index (χ0v) is 19.5. The van der Waals surface area contributed by atoms with Crippen LogP contribution in [-0.4, -0.2) is 61.0 Å². The van der Waals surface area contributed by atoms with E-state index in [0.29, 0.717) is 24.5 Å². The first kappa shape index (κ1) is 26.9. The summed E-state index contributed by atoms with van der Waals surface area (Å²) in [7, 11) is 2.67. The zero-order valence-electron chi connectivity index (χ0n) is 18.0. The third-order valence-corrected chi connectivity index (χ3v) is 4.51. The van der Waals surface area contributed by atoms with Crippen LogP contribution in [0.5, 0.6) is 5.75 Å². The third kappa shape index (κ3) is 8.55. The van der Waals surface area contributed by atoms with Gasteiger partial charge in [0.1, 0.15) is 11.7 Å². The summed E-state index contributed by atoms with van der Waals surface area (Å²) < 4.78 is 25.4. The van der Waals surface area contributed by atoms with Crippen molar-refractivity contribution in [2.75, 3.05) is 20.8 Å². The van der Waals surface area contributed by atoms with Gasteiger partial charge in [-0.3, -0.25) is 0 Å². The Morgan fingerprint density at radius 1 is 1.20 bits per heavy atom. The predicted molar refractivity (Wildman–Crippen MR) is 112 cm³/mol. The fraction of sp³-hybridized carbons (Fsp3) is 0.650. The molecule has 2 rings (SSSR count). The molecule has 1 heterocycles. The minimum Gasteiger partial charge on any atom is -0.494 e. The highest BCUT2D eigenvalue weighted by molar-refractivity contribution is 6.37. The predicted octanol–water partition coefficient (Wildman–Crippen LogP) is 3.77. The van der Waals surface area contributed by atoms with Crippen molar-refractivity contribution in [1.29, 1.82) is 0 Å². The summed E-state index contributed by atoms with van der Waals surface area (Å²) in [6.07, 6.45) is 0.142. The van der Waals surface area contributed by atoms with E-state index in [2.05, 4.69) is 4.74 Å².